The quantitative estimate of drug-likeness (QED) is 0.883. The van der Waals surface area contributed by atoms with E-state index in [1.54, 1.807) is 5.38 Å². The molecular weight excluding hydrogens is 310 g/mol. The number of ether oxygens (including phenoxy) is 1. The van der Waals surface area contributed by atoms with E-state index in [1.807, 2.05) is 13.8 Å². The van der Waals surface area contributed by atoms with Crippen LogP contribution in [0, 0.1) is 11.6 Å². The Hall–Kier alpha value is -2.02. The molecule has 4 nitrogen and oxygen atoms in total. The van der Waals surface area contributed by atoms with Gasteiger partial charge in [-0.05, 0) is 25.5 Å². The van der Waals surface area contributed by atoms with E-state index in [9.17, 15) is 13.6 Å². The highest BCUT2D eigenvalue weighted by molar-refractivity contribution is 7.09. The van der Waals surface area contributed by atoms with E-state index < -0.39 is 11.6 Å². The van der Waals surface area contributed by atoms with E-state index in [0.717, 1.165) is 18.6 Å². The minimum atomic E-state index is -0.772. The third-order valence-electron chi connectivity index (χ3n) is 3.02. The van der Waals surface area contributed by atoms with Crippen molar-refractivity contribution in [3.05, 3.63) is 45.9 Å². The van der Waals surface area contributed by atoms with Gasteiger partial charge in [-0.15, -0.1) is 11.3 Å². The SMILES string of the molecule is CCC(C)NC(=O)c1csc(COc2ccc(F)cc2F)n1. The lowest BCUT2D eigenvalue weighted by Gasteiger charge is -2.09. The van der Waals surface area contributed by atoms with Gasteiger partial charge in [-0.2, -0.15) is 0 Å². The molecular formula is C15H16F2N2O2S. The van der Waals surface area contributed by atoms with E-state index in [4.69, 9.17) is 4.74 Å². The lowest BCUT2D eigenvalue weighted by molar-refractivity contribution is 0.0934. The number of carbonyl (C=O) groups is 1. The largest absolute Gasteiger partial charge is 0.483 e. The molecule has 1 aromatic carbocycles. The Morgan fingerprint density at radius 2 is 2.23 bits per heavy atom. The van der Waals surface area contributed by atoms with E-state index >= 15 is 0 Å². The summed E-state index contributed by atoms with van der Waals surface area (Å²) in [6.45, 7) is 3.90. The number of thiazole rings is 1. The van der Waals surface area contributed by atoms with Crippen LogP contribution >= 0.6 is 11.3 Å². The van der Waals surface area contributed by atoms with Crippen LogP contribution in [-0.4, -0.2) is 16.9 Å². The number of benzene rings is 1. The van der Waals surface area contributed by atoms with Crippen LogP contribution in [0.15, 0.2) is 23.6 Å². The Labute approximate surface area is 131 Å². The zero-order chi connectivity index (χ0) is 16.1. The third-order valence-corrected chi connectivity index (χ3v) is 3.84. The number of halogens is 2. The van der Waals surface area contributed by atoms with Crippen LogP contribution in [0.25, 0.3) is 0 Å². The summed E-state index contributed by atoms with van der Waals surface area (Å²) in [5.74, 6) is -1.73. The molecule has 1 aromatic heterocycles. The van der Waals surface area contributed by atoms with Gasteiger partial charge in [0.25, 0.3) is 5.91 Å². The minimum absolute atomic E-state index is 0.0177. The third kappa shape index (κ3) is 4.24. The summed E-state index contributed by atoms with van der Waals surface area (Å²) in [5.41, 5.74) is 0.309. The predicted molar refractivity (Wildman–Crippen MR) is 80.0 cm³/mol. The Morgan fingerprint density at radius 3 is 2.91 bits per heavy atom. The Bertz CT molecular complexity index is 661. The Balaban J connectivity index is 1.96. The van der Waals surface area contributed by atoms with Gasteiger partial charge in [0.1, 0.15) is 23.1 Å². The van der Waals surface area contributed by atoms with Gasteiger partial charge in [-0.3, -0.25) is 4.79 Å². The molecule has 0 aliphatic heterocycles. The molecule has 1 heterocycles. The summed E-state index contributed by atoms with van der Waals surface area (Å²) in [6.07, 6.45) is 0.829. The second-order valence-corrected chi connectivity index (χ2v) is 5.72. The summed E-state index contributed by atoms with van der Waals surface area (Å²) in [4.78, 5) is 16.0. The topological polar surface area (TPSA) is 51.2 Å². The van der Waals surface area contributed by atoms with Crippen LogP contribution in [-0.2, 0) is 6.61 Å². The summed E-state index contributed by atoms with van der Waals surface area (Å²) in [6, 6.07) is 3.16. The molecule has 0 aliphatic carbocycles. The average Bonchev–Trinajstić information content (AvgIpc) is 2.95. The first kappa shape index (κ1) is 16.4. The van der Waals surface area contributed by atoms with Gasteiger partial charge in [0.15, 0.2) is 11.6 Å². The molecule has 118 valence electrons. The van der Waals surface area contributed by atoms with Crippen LogP contribution < -0.4 is 10.1 Å². The minimum Gasteiger partial charge on any atom is -0.483 e. The van der Waals surface area contributed by atoms with Crippen molar-refractivity contribution in [2.24, 2.45) is 0 Å². The smallest absolute Gasteiger partial charge is 0.270 e. The molecule has 2 aromatic rings. The standard InChI is InChI=1S/C15H16F2N2O2S/c1-3-9(2)18-15(20)12-8-22-14(19-12)7-21-13-5-4-10(16)6-11(13)17/h4-6,8-9H,3,7H2,1-2H3,(H,18,20). The molecule has 1 amide bonds. The van der Waals surface area contributed by atoms with Crippen molar-refractivity contribution in [2.75, 3.05) is 0 Å². The number of hydrogen-bond acceptors (Lipinski definition) is 4. The van der Waals surface area contributed by atoms with Crippen LogP contribution in [0.1, 0.15) is 35.8 Å². The average molecular weight is 326 g/mol. The number of amides is 1. The monoisotopic (exact) mass is 326 g/mol. The molecule has 0 aliphatic rings. The Morgan fingerprint density at radius 1 is 1.45 bits per heavy atom. The van der Waals surface area contributed by atoms with Crippen LogP contribution in [0.4, 0.5) is 8.78 Å². The van der Waals surface area contributed by atoms with E-state index in [2.05, 4.69) is 10.3 Å². The highest BCUT2D eigenvalue weighted by Crippen LogP contribution is 2.20. The lowest BCUT2D eigenvalue weighted by atomic mass is 10.2. The summed E-state index contributed by atoms with van der Waals surface area (Å²) in [7, 11) is 0. The molecule has 0 radical (unpaired) electrons. The maximum Gasteiger partial charge on any atom is 0.270 e. The zero-order valence-electron chi connectivity index (χ0n) is 12.2. The maximum absolute atomic E-state index is 13.4. The van der Waals surface area contributed by atoms with E-state index in [-0.39, 0.29) is 24.3 Å². The molecule has 0 saturated heterocycles. The van der Waals surface area contributed by atoms with Gasteiger partial charge in [-0.25, -0.2) is 13.8 Å². The van der Waals surface area contributed by atoms with Gasteiger partial charge in [0, 0.05) is 17.5 Å². The van der Waals surface area contributed by atoms with Crippen molar-refractivity contribution >= 4 is 17.2 Å². The van der Waals surface area contributed by atoms with Gasteiger partial charge in [0.2, 0.25) is 0 Å². The van der Waals surface area contributed by atoms with Crippen LogP contribution in [0.2, 0.25) is 0 Å². The van der Waals surface area contributed by atoms with Crippen molar-refractivity contribution in [1.82, 2.24) is 10.3 Å². The van der Waals surface area contributed by atoms with Crippen molar-refractivity contribution < 1.29 is 18.3 Å². The number of carbonyl (C=O) groups excluding carboxylic acids is 1. The number of nitrogens with zero attached hydrogens (tertiary/aromatic N) is 1. The molecule has 1 unspecified atom stereocenters. The van der Waals surface area contributed by atoms with Gasteiger partial charge >= 0.3 is 0 Å². The highest BCUT2D eigenvalue weighted by Gasteiger charge is 2.13. The van der Waals surface area contributed by atoms with Gasteiger partial charge in [-0.1, -0.05) is 6.92 Å². The van der Waals surface area contributed by atoms with E-state index in [0.29, 0.717) is 10.7 Å². The van der Waals surface area contributed by atoms with Crippen molar-refractivity contribution in [3.63, 3.8) is 0 Å². The summed E-state index contributed by atoms with van der Waals surface area (Å²) >= 11 is 1.25. The second kappa shape index (κ2) is 7.31. The normalized spacial score (nSPS) is 12.0. The molecule has 7 heteroatoms. The molecule has 0 bridgehead atoms. The fourth-order valence-corrected chi connectivity index (χ4v) is 2.30. The molecule has 22 heavy (non-hydrogen) atoms. The second-order valence-electron chi connectivity index (χ2n) is 4.77. The first-order chi connectivity index (χ1) is 10.5. The fraction of sp³-hybridized carbons (Fsp3) is 0.333. The summed E-state index contributed by atoms with van der Waals surface area (Å²) in [5, 5.41) is 4.97. The molecule has 1 N–H and O–H groups in total. The number of aromatic nitrogens is 1. The molecule has 1 atom stereocenters. The van der Waals surface area contributed by atoms with Gasteiger partial charge in [0.05, 0.1) is 0 Å². The van der Waals surface area contributed by atoms with Crippen LogP contribution in [0.5, 0.6) is 5.75 Å². The summed E-state index contributed by atoms with van der Waals surface area (Å²) < 4.78 is 31.5. The number of rotatable bonds is 6. The number of hydrogen-bond donors (Lipinski definition) is 1. The maximum atomic E-state index is 13.4. The Kier molecular flexibility index (Phi) is 5.43. The van der Waals surface area contributed by atoms with Crippen molar-refractivity contribution in [3.8, 4) is 5.75 Å². The molecule has 0 fully saturated rings. The number of nitrogens with one attached hydrogen (secondary N) is 1. The van der Waals surface area contributed by atoms with Crippen LogP contribution in [0.3, 0.4) is 0 Å². The van der Waals surface area contributed by atoms with E-state index in [1.165, 1.54) is 17.4 Å². The zero-order valence-corrected chi connectivity index (χ0v) is 13.0. The fourth-order valence-electron chi connectivity index (χ4n) is 1.61. The molecule has 0 saturated carbocycles. The predicted octanol–water partition coefficient (Wildman–Crippen LogP) is 3.53. The first-order valence-corrected chi connectivity index (χ1v) is 7.70. The van der Waals surface area contributed by atoms with Gasteiger partial charge < -0.3 is 10.1 Å². The van der Waals surface area contributed by atoms with Crippen molar-refractivity contribution in [1.29, 1.82) is 0 Å². The van der Waals surface area contributed by atoms with Crippen molar-refractivity contribution in [2.45, 2.75) is 32.9 Å². The highest BCUT2D eigenvalue weighted by atomic mass is 32.1. The molecule has 2 rings (SSSR count). The first-order valence-electron chi connectivity index (χ1n) is 6.82. The lowest BCUT2D eigenvalue weighted by Crippen LogP contribution is -2.32. The molecule has 0 spiro atoms.